The maximum atomic E-state index is 11.0. The first-order chi connectivity index (χ1) is 9.75. The fourth-order valence-corrected chi connectivity index (χ4v) is 2.52. The molecule has 5 nitrogen and oxygen atoms in total. The van der Waals surface area contributed by atoms with Crippen LogP contribution in [0.1, 0.15) is 10.4 Å². The maximum absolute atomic E-state index is 11.0. The van der Waals surface area contributed by atoms with E-state index in [9.17, 15) is 9.90 Å². The second kappa shape index (κ2) is 3.77. The van der Waals surface area contributed by atoms with Crippen molar-refractivity contribution in [2.75, 3.05) is 0 Å². The molecule has 0 N–H and O–H groups in total. The van der Waals surface area contributed by atoms with E-state index in [0.717, 1.165) is 21.7 Å². The summed E-state index contributed by atoms with van der Waals surface area (Å²) in [5.74, 6) is -1.27. The van der Waals surface area contributed by atoms with Gasteiger partial charge in [0.2, 0.25) is 0 Å². The first kappa shape index (κ1) is 10.9. The molecule has 0 aliphatic heterocycles. The Kier molecular flexibility index (Phi) is 2.06. The molecular formula is C15H8N3O2-. The first-order valence-electron chi connectivity index (χ1n) is 6.11. The molecule has 0 fully saturated rings. The molecule has 0 saturated carbocycles. The highest BCUT2D eigenvalue weighted by Gasteiger charge is 2.10. The summed E-state index contributed by atoms with van der Waals surface area (Å²) in [6.07, 6.45) is 2.95. The first-order valence-corrected chi connectivity index (χ1v) is 6.11. The zero-order chi connectivity index (χ0) is 13.7. The molecule has 5 heteroatoms. The highest BCUT2D eigenvalue weighted by molar-refractivity contribution is 6.07. The summed E-state index contributed by atoms with van der Waals surface area (Å²) in [5, 5.41) is 18.2. The molecule has 0 aliphatic rings. The monoisotopic (exact) mass is 262 g/mol. The Morgan fingerprint density at radius 3 is 2.75 bits per heavy atom. The molecule has 0 radical (unpaired) electrons. The van der Waals surface area contributed by atoms with Gasteiger partial charge in [-0.25, -0.2) is 9.50 Å². The Bertz CT molecular complexity index is 988. The molecule has 0 amide bonds. The van der Waals surface area contributed by atoms with Crippen LogP contribution < -0.4 is 5.11 Å². The second-order valence-electron chi connectivity index (χ2n) is 4.56. The lowest BCUT2D eigenvalue weighted by Crippen LogP contribution is -2.22. The molecule has 0 aliphatic carbocycles. The van der Waals surface area contributed by atoms with E-state index < -0.39 is 5.97 Å². The van der Waals surface area contributed by atoms with Crippen molar-refractivity contribution in [2.45, 2.75) is 0 Å². The lowest BCUT2D eigenvalue weighted by molar-refractivity contribution is -0.254. The average Bonchev–Trinajstić information content (AvgIpc) is 2.91. The van der Waals surface area contributed by atoms with Crippen LogP contribution in [0.5, 0.6) is 0 Å². The van der Waals surface area contributed by atoms with E-state index in [4.69, 9.17) is 0 Å². The van der Waals surface area contributed by atoms with Crippen LogP contribution in [0, 0.1) is 0 Å². The number of aromatic nitrogens is 3. The van der Waals surface area contributed by atoms with Crippen LogP contribution in [-0.4, -0.2) is 20.6 Å². The van der Waals surface area contributed by atoms with Crippen LogP contribution in [-0.2, 0) is 0 Å². The van der Waals surface area contributed by atoms with E-state index in [2.05, 4.69) is 10.1 Å². The van der Waals surface area contributed by atoms with Gasteiger partial charge in [0, 0.05) is 11.6 Å². The van der Waals surface area contributed by atoms with Gasteiger partial charge in [-0.2, -0.15) is 5.10 Å². The van der Waals surface area contributed by atoms with Crippen molar-refractivity contribution >= 4 is 33.3 Å². The van der Waals surface area contributed by atoms with Crippen LogP contribution in [0.4, 0.5) is 0 Å². The van der Waals surface area contributed by atoms with E-state index in [-0.39, 0.29) is 5.56 Å². The van der Waals surface area contributed by atoms with Crippen LogP contribution in [0.25, 0.3) is 27.3 Å². The number of carbonyl (C=O) groups excluding carboxylic acids is 1. The van der Waals surface area contributed by atoms with Crippen LogP contribution in [0.15, 0.2) is 48.8 Å². The number of rotatable bonds is 1. The average molecular weight is 262 g/mol. The Labute approximate surface area is 113 Å². The van der Waals surface area contributed by atoms with Gasteiger partial charge in [-0.15, -0.1) is 0 Å². The van der Waals surface area contributed by atoms with Crippen molar-refractivity contribution in [1.82, 2.24) is 14.6 Å². The molecule has 2 aromatic heterocycles. The third kappa shape index (κ3) is 1.34. The number of carbonyl (C=O) groups is 1. The molecule has 0 saturated heterocycles. The Morgan fingerprint density at radius 1 is 1.05 bits per heavy atom. The number of carboxylic acid groups (broad SMARTS) is 1. The highest BCUT2D eigenvalue weighted by atomic mass is 16.4. The van der Waals surface area contributed by atoms with Crippen molar-refractivity contribution in [2.24, 2.45) is 0 Å². The van der Waals surface area contributed by atoms with Gasteiger partial charge >= 0.3 is 0 Å². The maximum Gasteiger partial charge on any atom is 0.164 e. The minimum atomic E-state index is -1.27. The number of carboxylic acids is 1. The standard InChI is InChI=1S/C15H9N3O2/c19-15(20)12-8-17-18-13-6-5-9-3-1-2-4-10(9)11(13)7-16-14(12)18/h1-8H,(H,19,20)/p-1. The van der Waals surface area contributed by atoms with E-state index in [1.807, 2.05) is 36.4 Å². The van der Waals surface area contributed by atoms with Gasteiger partial charge in [-0.1, -0.05) is 30.3 Å². The Hall–Kier alpha value is -2.95. The van der Waals surface area contributed by atoms with Crippen molar-refractivity contribution in [3.8, 4) is 0 Å². The lowest BCUT2D eigenvalue weighted by Gasteiger charge is -2.06. The predicted molar refractivity (Wildman–Crippen MR) is 72.3 cm³/mol. The summed E-state index contributed by atoms with van der Waals surface area (Å²) >= 11 is 0. The largest absolute Gasteiger partial charge is 0.545 e. The van der Waals surface area contributed by atoms with Crippen molar-refractivity contribution in [1.29, 1.82) is 0 Å². The number of benzene rings is 2. The van der Waals surface area contributed by atoms with Crippen LogP contribution >= 0.6 is 0 Å². The SMILES string of the molecule is O=C([O-])c1cnn2c1ncc1c3ccccc3ccc12. The molecule has 4 rings (SSSR count). The topological polar surface area (TPSA) is 70.3 Å². The van der Waals surface area contributed by atoms with Gasteiger partial charge in [0.25, 0.3) is 0 Å². The summed E-state index contributed by atoms with van der Waals surface area (Å²) < 4.78 is 1.53. The summed E-state index contributed by atoms with van der Waals surface area (Å²) in [7, 11) is 0. The summed E-state index contributed by atoms with van der Waals surface area (Å²) in [6, 6.07) is 11.9. The summed E-state index contributed by atoms with van der Waals surface area (Å²) in [5.41, 5.74) is 1.12. The van der Waals surface area contributed by atoms with Gasteiger partial charge in [-0.05, 0) is 16.8 Å². The number of nitrogens with zero attached hydrogens (tertiary/aromatic N) is 3. The molecular weight excluding hydrogens is 254 g/mol. The summed E-state index contributed by atoms with van der Waals surface area (Å²) in [4.78, 5) is 15.2. The van der Waals surface area contributed by atoms with E-state index >= 15 is 0 Å². The molecule has 4 aromatic rings. The highest BCUT2D eigenvalue weighted by Crippen LogP contribution is 2.25. The van der Waals surface area contributed by atoms with Crippen molar-refractivity contribution < 1.29 is 9.90 Å². The fourth-order valence-electron chi connectivity index (χ4n) is 2.52. The quantitative estimate of drug-likeness (QED) is 0.486. The fraction of sp³-hybridized carbons (Fsp3) is 0. The lowest BCUT2D eigenvalue weighted by atomic mass is 10.1. The molecule has 20 heavy (non-hydrogen) atoms. The van der Waals surface area contributed by atoms with Crippen LogP contribution in [0.2, 0.25) is 0 Å². The predicted octanol–water partition coefficient (Wildman–Crippen LogP) is 1.40. The normalized spacial score (nSPS) is 11.4. The molecule has 0 spiro atoms. The Morgan fingerprint density at radius 2 is 1.90 bits per heavy atom. The summed E-state index contributed by atoms with van der Waals surface area (Å²) in [6.45, 7) is 0. The number of aromatic carboxylic acids is 1. The number of hydrogen-bond acceptors (Lipinski definition) is 4. The molecule has 0 atom stereocenters. The van der Waals surface area contributed by atoms with E-state index in [1.54, 1.807) is 6.20 Å². The number of fused-ring (bicyclic) bond motifs is 5. The van der Waals surface area contributed by atoms with Gasteiger partial charge < -0.3 is 9.90 Å². The van der Waals surface area contributed by atoms with Gasteiger partial charge in [0.1, 0.15) is 0 Å². The van der Waals surface area contributed by atoms with Crippen molar-refractivity contribution in [3.63, 3.8) is 0 Å². The van der Waals surface area contributed by atoms with Crippen molar-refractivity contribution in [3.05, 3.63) is 54.4 Å². The van der Waals surface area contributed by atoms with Gasteiger partial charge in [0.15, 0.2) is 5.65 Å². The van der Waals surface area contributed by atoms with E-state index in [0.29, 0.717) is 5.65 Å². The van der Waals surface area contributed by atoms with Crippen LogP contribution in [0.3, 0.4) is 0 Å². The smallest absolute Gasteiger partial charge is 0.164 e. The molecule has 2 aromatic carbocycles. The number of hydrogen-bond donors (Lipinski definition) is 0. The van der Waals surface area contributed by atoms with Gasteiger partial charge in [-0.3, -0.25) is 0 Å². The zero-order valence-electron chi connectivity index (χ0n) is 10.3. The molecule has 96 valence electrons. The minimum Gasteiger partial charge on any atom is -0.545 e. The molecule has 0 bridgehead atoms. The third-order valence-corrected chi connectivity index (χ3v) is 3.46. The van der Waals surface area contributed by atoms with Gasteiger partial charge in [0.05, 0.1) is 23.2 Å². The second-order valence-corrected chi connectivity index (χ2v) is 4.56. The molecule has 0 unspecified atom stereocenters. The minimum absolute atomic E-state index is 0.0000543. The third-order valence-electron chi connectivity index (χ3n) is 3.46. The van der Waals surface area contributed by atoms with E-state index in [1.165, 1.54) is 10.7 Å². The molecule has 2 heterocycles. The Balaban J connectivity index is 2.21. The zero-order valence-corrected chi connectivity index (χ0v) is 10.3.